The van der Waals surface area contributed by atoms with Crippen molar-refractivity contribution in [2.24, 2.45) is 0 Å². The Balaban J connectivity index is 1.72. The Kier molecular flexibility index (Phi) is 3.83. The first-order valence-corrected chi connectivity index (χ1v) is 7.40. The van der Waals surface area contributed by atoms with E-state index in [9.17, 15) is 0 Å². The van der Waals surface area contributed by atoms with Gasteiger partial charge in [0.25, 0.3) is 0 Å². The fourth-order valence-corrected chi connectivity index (χ4v) is 2.70. The monoisotopic (exact) mass is 333 g/mol. The molecule has 0 amide bonds. The number of benzene rings is 2. The van der Waals surface area contributed by atoms with E-state index >= 15 is 0 Å². The van der Waals surface area contributed by atoms with Crippen molar-refractivity contribution in [2.45, 2.75) is 13.5 Å². The van der Waals surface area contributed by atoms with Gasteiger partial charge in [0.05, 0.1) is 0 Å². The summed E-state index contributed by atoms with van der Waals surface area (Å²) in [6.07, 6.45) is 0. The molecule has 0 unspecified atom stereocenters. The Morgan fingerprint density at radius 3 is 2.65 bits per heavy atom. The van der Waals surface area contributed by atoms with Crippen LogP contribution in [0.5, 0.6) is 11.5 Å². The topological polar surface area (TPSA) is 30.5 Å². The summed E-state index contributed by atoms with van der Waals surface area (Å²) < 4.78 is 12.2. The lowest BCUT2D eigenvalue weighted by Crippen LogP contribution is -2.15. The number of hydrogen-bond acceptors (Lipinski definition) is 3. The molecule has 0 radical (unpaired) electrons. The molecule has 1 N–H and O–H groups in total. The maximum atomic E-state index is 5.60. The van der Waals surface area contributed by atoms with Crippen LogP contribution in [0.4, 0.5) is 5.69 Å². The van der Waals surface area contributed by atoms with Crippen molar-refractivity contribution >= 4 is 21.6 Å². The van der Waals surface area contributed by atoms with Gasteiger partial charge in [0, 0.05) is 16.7 Å². The zero-order chi connectivity index (χ0) is 13.9. The van der Waals surface area contributed by atoms with Crippen LogP contribution in [0.1, 0.15) is 11.1 Å². The Hall–Kier alpha value is -1.68. The minimum Gasteiger partial charge on any atom is -0.486 e. The van der Waals surface area contributed by atoms with E-state index in [-0.39, 0.29) is 0 Å². The summed E-state index contributed by atoms with van der Waals surface area (Å²) in [4.78, 5) is 0. The van der Waals surface area contributed by atoms with Crippen LogP contribution in [-0.4, -0.2) is 13.2 Å². The fourth-order valence-electron chi connectivity index (χ4n) is 2.22. The van der Waals surface area contributed by atoms with E-state index in [1.54, 1.807) is 0 Å². The molecule has 4 heteroatoms. The van der Waals surface area contributed by atoms with Crippen LogP contribution in [0, 0.1) is 6.92 Å². The highest BCUT2D eigenvalue weighted by Gasteiger charge is 2.11. The molecule has 20 heavy (non-hydrogen) atoms. The van der Waals surface area contributed by atoms with E-state index in [0.717, 1.165) is 28.2 Å². The van der Waals surface area contributed by atoms with Crippen molar-refractivity contribution in [3.8, 4) is 11.5 Å². The van der Waals surface area contributed by atoms with E-state index < -0.39 is 0 Å². The van der Waals surface area contributed by atoms with Gasteiger partial charge in [0.15, 0.2) is 11.5 Å². The first-order chi connectivity index (χ1) is 9.72. The number of nitrogens with one attached hydrogen (secondary N) is 1. The molecule has 3 nitrogen and oxygen atoms in total. The van der Waals surface area contributed by atoms with Gasteiger partial charge in [-0.1, -0.05) is 22.0 Å². The summed E-state index contributed by atoms with van der Waals surface area (Å²) in [7, 11) is 0. The lowest BCUT2D eigenvalue weighted by atomic mass is 10.1. The van der Waals surface area contributed by atoms with Gasteiger partial charge in [-0.25, -0.2) is 0 Å². The quantitative estimate of drug-likeness (QED) is 0.915. The number of ether oxygens (including phenoxy) is 2. The Bertz CT molecular complexity index is 628. The molecule has 1 heterocycles. The number of fused-ring (bicyclic) bond motifs is 1. The first kappa shape index (κ1) is 13.3. The van der Waals surface area contributed by atoms with Gasteiger partial charge in [-0.3, -0.25) is 0 Å². The van der Waals surface area contributed by atoms with Gasteiger partial charge < -0.3 is 14.8 Å². The smallest absolute Gasteiger partial charge is 0.161 e. The maximum absolute atomic E-state index is 5.60. The lowest BCUT2D eigenvalue weighted by molar-refractivity contribution is 0.171. The highest BCUT2D eigenvalue weighted by atomic mass is 79.9. The predicted octanol–water partition coefficient (Wildman–Crippen LogP) is 4.14. The molecular weight excluding hydrogens is 318 g/mol. The third kappa shape index (κ3) is 2.90. The molecule has 1 aliphatic rings. The maximum Gasteiger partial charge on any atom is 0.161 e. The summed E-state index contributed by atoms with van der Waals surface area (Å²) in [6, 6.07) is 12.3. The SMILES string of the molecule is Cc1cc(Br)ccc1NCc1ccc2c(c1)OCCO2. The van der Waals surface area contributed by atoms with Crippen LogP contribution >= 0.6 is 15.9 Å². The summed E-state index contributed by atoms with van der Waals surface area (Å²) in [5.74, 6) is 1.67. The van der Waals surface area contributed by atoms with Crippen LogP contribution in [0.15, 0.2) is 40.9 Å². The van der Waals surface area contributed by atoms with Gasteiger partial charge in [-0.05, 0) is 48.4 Å². The molecule has 0 atom stereocenters. The molecule has 0 aromatic heterocycles. The standard InChI is InChI=1S/C16H16BrNO2/c1-11-8-13(17)3-4-14(11)18-10-12-2-5-15-16(9-12)20-7-6-19-15/h2-5,8-9,18H,6-7,10H2,1H3. The molecule has 2 aromatic rings. The second-order valence-electron chi connectivity index (χ2n) is 4.79. The average Bonchev–Trinajstić information content (AvgIpc) is 2.46. The molecule has 0 aliphatic carbocycles. The van der Waals surface area contributed by atoms with Crippen molar-refractivity contribution in [1.29, 1.82) is 0 Å². The van der Waals surface area contributed by atoms with Crippen LogP contribution in [0.3, 0.4) is 0 Å². The zero-order valence-corrected chi connectivity index (χ0v) is 12.9. The Labute approximate surface area is 127 Å². The third-order valence-electron chi connectivity index (χ3n) is 3.28. The van der Waals surface area contributed by atoms with Crippen molar-refractivity contribution in [3.05, 3.63) is 52.0 Å². The van der Waals surface area contributed by atoms with Gasteiger partial charge in [0.1, 0.15) is 13.2 Å². The minimum absolute atomic E-state index is 0.621. The molecule has 0 saturated heterocycles. The second-order valence-corrected chi connectivity index (χ2v) is 5.71. The number of halogens is 1. The van der Waals surface area contributed by atoms with Crippen molar-refractivity contribution in [3.63, 3.8) is 0 Å². The van der Waals surface area contributed by atoms with Gasteiger partial charge in [0.2, 0.25) is 0 Å². The van der Waals surface area contributed by atoms with Crippen LogP contribution < -0.4 is 14.8 Å². The van der Waals surface area contributed by atoms with Gasteiger partial charge in [-0.2, -0.15) is 0 Å². The number of rotatable bonds is 3. The fraction of sp³-hybridized carbons (Fsp3) is 0.250. The van der Waals surface area contributed by atoms with E-state index in [1.807, 2.05) is 18.2 Å². The van der Waals surface area contributed by atoms with Crippen LogP contribution in [0.25, 0.3) is 0 Å². The molecule has 2 aromatic carbocycles. The number of aryl methyl sites for hydroxylation is 1. The minimum atomic E-state index is 0.621. The second kappa shape index (κ2) is 5.75. The summed E-state index contributed by atoms with van der Waals surface area (Å²) in [5.41, 5.74) is 3.54. The third-order valence-corrected chi connectivity index (χ3v) is 3.77. The summed E-state index contributed by atoms with van der Waals surface area (Å²) in [5, 5.41) is 3.45. The van der Waals surface area contributed by atoms with Crippen molar-refractivity contribution < 1.29 is 9.47 Å². The van der Waals surface area contributed by atoms with E-state index in [1.165, 1.54) is 11.1 Å². The molecule has 1 aliphatic heterocycles. The molecule has 0 saturated carbocycles. The van der Waals surface area contributed by atoms with E-state index in [4.69, 9.17) is 9.47 Å². The van der Waals surface area contributed by atoms with Gasteiger partial charge in [-0.15, -0.1) is 0 Å². The van der Waals surface area contributed by atoms with Crippen molar-refractivity contribution in [2.75, 3.05) is 18.5 Å². The molecule has 104 valence electrons. The normalized spacial score (nSPS) is 13.1. The predicted molar refractivity (Wildman–Crippen MR) is 83.6 cm³/mol. The summed E-state index contributed by atoms with van der Waals surface area (Å²) >= 11 is 3.48. The average molecular weight is 334 g/mol. The summed E-state index contributed by atoms with van der Waals surface area (Å²) in [6.45, 7) is 4.11. The number of anilines is 1. The Morgan fingerprint density at radius 1 is 1.05 bits per heavy atom. The van der Waals surface area contributed by atoms with E-state index in [2.05, 4.69) is 46.4 Å². The first-order valence-electron chi connectivity index (χ1n) is 6.61. The molecule has 0 fully saturated rings. The largest absolute Gasteiger partial charge is 0.486 e. The van der Waals surface area contributed by atoms with E-state index in [0.29, 0.717) is 13.2 Å². The molecule has 3 rings (SSSR count). The Morgan fingerprint density at radius 2 is 1.85 bits per heavy atom. The zero-order valence-electron chi connectivity index (χ0n) is 11.3. The highest BCUT2D eigenvalue weighted by Crippen LogP contribution is 2.31. The highest BCUT2D eigenvalue weighted by molar-refractivity contribution is 9.10. The van der Waals surface area contributed by atoms with Crippen LogP contribution in [-0.2, 0) is 6.54 Å². The molecule has 0 spiro atoms. The number of hydrogen-bond donors (Lipinski definition) is 1. The lowest BCUT2D eigenvalue weighted by Gasteiger charge is -2.19. The molecule has 0 bridgehead atoms. The molecular formula is C16H16BrNO2. The van der Waals surface area contributed by atoms with Crippen molar-refractivity contribution in [1.82, 2.24) is 0 Å². The van der Waals surface area contributed by atoms with Crippen LogP contribution in [0.2, 0.25) is 0 Å². The van der Waals surface area contributed by atoms with Gasteiger partial charge >= 0.3 is 0 Å².